The molecular formula is C22H26FNO4. The topological polar surface area (TPSA) is 67.8 Å². The maximum Gasteiger partial charge on any atom is 0.227 e. The van der Waals surface area contributed by atoms with Gasteiger partial charge in [-0.15, -0.1) is 0 Å². The van der Waals surface area contributed by atoms with Gasteiger partial charge >= 0.3 is 0 Å². The number of carbonyl (C=O) groups excluding carboxylic acids is 1. The van der Waals surface area contributed by atoms with Crippen LogP contribution in [0.15, 0.2) is 36.4 Å². The largest absolute Gasteiger partial charge is 0.493 e. The van der Waals surface area contributed by atoms with Crippen LogP contribution in [0.4, 0.5) is 4.39 Å². The van der Waals surface area contributed by atoms with E-state index in [1.54, 1.807) is 32.4 Å². The standard InChI is InChI=1S/C22H26FNO4/c1-4-17(14-5-7-16(23)8-6-14)21(25)24-13-22(26)10-9-15-11-19(27-2)20(28-3)12-18(15)22/h5-8,11-12,17,26H,4,9-10,13H2,1-3H3,(H,24,25). The second kappa shape index (κ2) is 8.19. The Kier molecular flexibility index (Phi) is 5.89. The molecule has 1 amide bonds. The Morgan fingerprint density at radius 2 is 1.86 bits per heavy atom. The molecule has 0 aliphatic heterocycles. The number of nitrogens with one attached hydrogen (secondary N) is 1. The number of amides is 1. The lowest BCUT2D eigenvalue weighted by Gasteiger charge is -2.26. The van der Waals surface area contributed by atoms with E-state index < -0.39 is 11.5 Å². The van der Waals surface area contributed by atoms with Crippen molar-refractivity contribution in [3.63, 3.8) is 0 Å². The zero-order valence-electron chi connectivity index (χ0n) is 16.4. The Labute approximate surface area is 164 Å². The number of hydrogen-bond donors (Lipinski definition) is 2. The Morgan fingerprint density at radius 1 is 1.21 bits per heavy atom. The molecule has 1 aliphatic rings. The molecule has 2 N–H and O–H groups in total. The number of ether oxygens (including phenoxy) is 2. The lowest BCUT2D eigenvalue weighted by Crippen LogP contribution is -2.41. The molecule has 0 radical (unpaired) electrons. The van der Waals surface area contributed by atoms with Crippen LogP contribution < -0.4 is 14.8 Å². The summed E-state index contributed by atoms with van der Waals surface area (Å²) in [5.41, 5.74) is 1.33. The molecule has 150 valence electrons. The molecular weight excluding hydrogens is 361 g/mol. The predicted octanol–water partition coefficient (Wildman–Crippen LogP) is 3.29. The second-order valence-corrected chi connectivity index (χ2v) is 7.13. The average molecular weight is 387 g/mol. The van der Waals surface area contributed by atoms with Gasteiger partial charge in [0.2, 0.25) is 5.91 Å². The van der Waals surface area contributed by atoms with Crippen molar-refractivity contribution in [1.29, 1.82) is 0 Å². The Hall–Kier alpha value is -2.60. The smallest absolute Gasteiger partial charge is 0.227 e. The molecule has 28 heavy (non-hydrogen) atoms. The minimum atomic E-state index is -1.16. The summed E-state index contributed by atoms with van der Waals surface area (Å²) in [5, 5.41) is 14.1. The molecule has 2 atom stereocenters. The molecule has 2 aromatic rings. The molecule has 5 nitrogen and oxygen atoms in total. The Balaban J connectivity index is 1.76. The van der Waals surface area contributed by atoms with E-state index in [1.165, 1.54) is 12.1 Å². The first-order valence-electron chi connectivity index (χ1n) is 9.42. The van der Waals surface area contributed by atoms with Gasteiger partial charge in [0.05, 0.1) is 26.7 Å². The van der Waals surface area contributed by atoms with Crippen molar-refractivity contribution >= 4 is 5.91 Å². The van der Waals surface area contributed by atoms with Crippen molar-refractivity contribution in [3.05, 3.63) is 58.9 Å². The summed E-state index contributed by atoms with van der Waals surface area (Å²) < 4.78 is 23.8. The van der Waals surface area contributed by atoms with Gasteiger partial charge in [0, 0.05) is 0 Å². The van der Waals surface area contributed by atoms with Crippen LogP contribution in [0.3, 0.4) is 0 Å². The Morgan fingerprint density at radius 3 is 2.46 bits per heavy atom. The number of fused-ring (bicyclic) bond motifs is 1. The molecule has 0 fully saturated rings. The van der Waals surface area contributed by atoms with Gasteiger partial charge in [0.25, 0.3) is 0 Å². The number of aryl methyl sites for hydroxylation is 1. The van der Waals surface area contributed by atoms with E-state index in [-0.39, 0.29) is 18.3 Å². The summed E-state index contributed by atoms with van der Waals surface area (Å²) in [6.45, 7) is 2.01. The molecule has 0 heterocycles. The summed E-state index contributed by atoms with van der Waals surface area (Å²) in [7, 11) is 3.13. The van der Waals surface area contributed by atoms with Gasteiger partial charge in [0.1, 0.15) is 11.4 Å². The van der Waals surface area contributed by atoms with E-state index in [9.17, 15) is 14.3 Å². The van der Waals surface area contributed by atoms with Crippen molar-refractivity contribution in [2.45, 2.75) is 37.7 Å². The minimum Gasteiger partial charge on any atom is -0.493 e. The number of methoxy groups -OCH3 is 2. The first kappa shape index (κ1) is 20.1. The first-order valence-corrected chi connectivity index (χ1v) is 9.42. The molecule has 2 unspecified atom stereocenters. The maximum absolute atomic E-state index is 13.2. The third-order valence-electron chi connectivity index (χ3n) is 5.47. The molecule has 0 saturated heterocycles. The number of hydrogen-bond acceptors (Lipinski definition) is 4. The summed E-state index contributed by atoms with van der Waals surface area (Å²) in [6.07, 6.45) is 1.78. The van der Waals surface area contributed by atoms with Crippen molar-refractivity contribution < 1.29 is 23.8 Å². The summed E-state index contributed by atoms with van der Waals surface area (Å²) in [5.74, 6) is 0.259. The molecule has 1 aliphatic carbocycles. The number of rotatable bonds is 7. The van der Waals surface area contributed by atoms with Gasteiger partial charge in [0.15, 0.2) is 11.5 Å². The van der Waals surface area contributed by atoms with Crippen molar-refractivity contribution in [1.82, 2.24) is 5.32 Å². The highest BCUT2D eigenvalue weighted by Crippen LogP contribution is 2.42. The van der Waals surface area contributed by atoms with E-state index >= 15 is 0 Å². The second-order valence-electron chi connectivity index (χ2n) is 7.13. The highest BCUT2D eigenvalue weighted by molar-refractivity contribution is 5.83. The molecule has 2 aromatic carbocycles. The van der Waals surface area contributed by atoms with E-state index in [0.717, 1.165) is 16.7 Å². The van der Waals surface area contributed by atoms with Gasteiger partial charge in [-0.2, -0.15) is 0 Å². The van der Waals surface area contributed by atoms with Gasteiger partial charge in [-0.3, -0.25) is 4.79 Å². The van der Waals surface area contributed by atoms with Gasteiger partial charge in [-0.1, -0.05) is 19.1 Å². The van der Waals surface area contributed by atoms with E-state index in [4.69, 9.17) is 9.47 Å². The third kappa shape index (κ3) is 3.83. The van der Waals surface area contributed by atoms with Crippen LogP contribution in [0.5, 0.6) is 11.5 Å². The quantitative estimate of drug-likeness (QED) is 0.765. The normalized spacial score (nSPS) is 19.0. The van der Waals surface area contributed by atoms with E-state index in [0.29, 0.717) is 30.8 Å². The fourth-order valence-electron chi connectivity index (χ4n) is 3.84. The molecule has 0 bridgehead atoms. The van der Waals surface area contributed by atoms with Crippen molar-refractivity contribution in [2.24, 2.45) is 0 Å². The van der Waals surface area contributed by atoms with Crippen LogP contribution in [-0.2, 0) is 16.8 Å². The minimum absolute atomic E-state index is 0.103. The van der Waals surface area contributed by atoms with Crippen LogP contribution in [0, 0.1) is 5.82 Å². The van der Waals surface area contributed by atoms with Crippen LogP contribution in [-0.4, -0.2) is 31.8 Å². The first-order chi connectivity index (χ1) is 13.4. The fraction of sp³-hybridized carbons (Fsp3) is 0.409. The highest BCUT2D eigenvalue weighted by atomic mass is 19.1. The monoisotopic (exact) mass is 387 g/mol. The average Bonchev–Trinajstić information content (AvgIpc) is 3.03. The van der Waals surface area contributed by atoms with Crippen LogP contribution >= 0.6 is 0 Å². The number of carbonyl (C=O) groups is 1. The van der Waals surface area contributed by atoms with Crippen molar-refractivity contribution in [3.8, 4) is 11.5 Å². The predicted molar refractivity (Wildman–Crippen MR) is 104 cm³/mol. The van der Waals surface area contributed by atoms with Gasteiger partial charge in [-0.25, -0.2) is 4.39 Å². The lowest BCUT2D eigenvalue weighted by atomic mass is 9.93. The third-order valence-corrected chi connectivity index (χ3v) is 5.47. The maximum atomic E-state index is 13.2. The van der Waals surface area contributed by atoms with Crippen molar-refractivity contribution in [2.75, 3.05) is 20.8 Å². The molecule has 0 saturated carbocycles. The number of halogens is 1. The van der Waals surface area contributed by atoms with Crippen LogP contribution in [0.1, 0.15) is 42.4 Å². The molecule has 6 heteroatoms. The van der Waals surface area contributed by atoms with E-state index in [2.05, 4.69) is 5.32 Å². The molecule has 0 spiro atoms. The zero-order valence-corrected chi connectivity index (χ0v) is 16.4. The summed E-state index contributed by atoms with van der Waals surface area (Å²) in [4.78, 5) is 12.7. The molecule has 3 rings (SSSR count). The number of aliphatic hydroxyl groups is 1. The van der Waals surface area contributed by atoms with Crippen LogP contribution in [0.25, 0.3) is 0 Å². The zero-order chi connectivity index (χ0) is 20.3. The van der Waals surface area contributed by atoms with Gasteiger partial charge < -0.3 is 19.9 Å². The summed E-state index contributed by atoms with van der Waals surface area (Å²) in [6, 6.07) is 9.61. The van der Waals surface area contributed by atoms with Crippen LogP contribution in [0.2, 0.25) is 0 Å². The Bertz CT molecular complexity index is 852. The number of benzene rings is 2. The van der Waals surface area contributed by atoms with E-state index in [1.807, 2.05) is 13.0 Å². The lowest BCUT2D eigenvalue weighted by molar-refractivity contribution is -0.124. The fourth-order valence-corrected chi connectivity index (χ4v) is 3.84. The highest BCUT2D eigenvalue weighted by Gasteiger charge is 2.38. The molecule has 0 aromatic heterocycles. The summed E-state index contributed by atoms with van der Waals surface area (Å²) >= 11 is 0. The van der Waals surface area contributed by atoms with Gasteiger partial charge in [-0.05, 0) is 60.2 Å². The SMILES string of the molecule is CCC(C(=O)NCC1(O)CCc2cc(OC)c(OC)cc21)c1ccc(F)cc1.